The van der Waals surface area contributed by atoms with Gasteiger partial charge in [0.2, 0.25) is 0 Å². The number of ether oxygens (including phenoxy) is 1. The van der Waals surface area contributed by atoms with E-state index in [0.29, 0.717) is 10.8 Å². The summed E-state index contributed by atoms with van der Waals surface area (Å²) in [6.07, 6.45) is 18.3. The fourth-order valence-electron chi connectivity index (χ4n) is 7.10. The molecule has 0 N–H and O–H groups in total. The summed E-state index contributed by atoms with van der Waals surface area (Å²) in [6, 6.07) is 3.11. The third-order valence-corrected chi connectivity index (χ3v) is 9.55. The molecule has 180 valence electrons. The van der Waals surface area contributed by atoms with Gasteiger partial charge in [0, 0.05) is 0 Å². The molecule has 0 aliphatic heterocycles. The number of fused-ring (bicyclic) bond motifs is 3. The summed E-state index contributed by atoms with van der Waals surface area (Å²) in [5, 5.41) is 0. The molecule has 1 atom stereocenters. The molecule has 0 aromatic heterocycles. The van der Waals surface area contributed by atoms with Crippen LogP contribution in [0.3, 0.4) is 0 Å². The summed E-state index contributed by atoms with van der Waals surface area (Å²) >= 11 is 0. The zero-order valence-electron chi connectivity index (χ0n) is 20.7. The molecule has 1 aromatic carbocycles. The van der Waals surface area contributed by atoms with Crippen molar-refractivity contribution < 1.29 is 13.5 Å². The Balaban J connectivity index is 1.33. The van der Waals surface area contributed by atoms with Gasteiger partial charge in [-0.1, -0.05) is 33.1 Å². The van der Waals surface area contributed by atoms with Crippen molar-refractivity contribution in [3.05, 3.63) is 29.3 Å². The van der Waals surface area contributed by atoms with Crippen molar-refractivity contribution in [3.8, 4) is 5.75 Å². The van der Waals surface area contributed by atoms with Gasteiger partial charge in [0.05, 0.1) is 6.10 Å². The van der Waals surface area contributed by atoms with Crippen LogP contribution in [-0.2, 0) is 0 Å². The number of halogens is 2. The minimum atomic E-state index is -0.528. The van der Waals surface area contributed by atoms with Crippen molar-refractivity contribution in [1.29, 1.82) is 0 Å². The van der Waals surface area contributed by atoms with Crippen LogP contribution in [0.1, 0.15) is 129 Å². The molecular weight excluding hydrogens is 402 g/mol. The highest BCUT2D eigenvalue weighted by Gasteiger charge is 2.50. The summed E-state index contributed by atoms with van der Waals surface area (Å²) in [5.41, 5.74) is 2.02. The first-order valence-electron chi connectivity index (χ1n) is 13.5. The normalized spacial score (nSPS) is 33.3. The van der Waals surface area contributed by atoms with Gasteiger partial charge in [0.25, 0.3) is 0 Å². The van der Waals surface area contributed by atoms with E-state index < -0.39 is 11.6 Å². The second kappa shape index (κ2) is 10.0. The van der Waals surface area contributed by atoms with E-state index in [-0.39, 0.29) is 17.8 Å². The molecule has 32 heavy (non-hydrogen) atoms. The Morgan fingerprint density at radius 3 is 2.06 bits per heavy atom. The van der Waals surface area contributed by atoms with Gasteiger partial charge in [-0.2, -0.15) is 0 Å². The average molecular weight is 447 g/mol. The van der Waals surface area contributed by atoms with Crippen molar-refractivity contribution >= 4 is 0 Å². The molecule has 0 radical (unpaired) electrons. The Hall–Kier alpha value is -1.12. The predicted molar refractivity (Wildman–Crippen MR) is 128 cm³/mol. The van der Waals surface area contributed by atoms with Gasteiger partial charge in [-0.05, 0) is 124 Å². The average Bonchev–Trinajstić information content (AvgIpc) is 2.80. The lowest BCUT2D eigenvalue weighted by Gasteiger charge is -2.56. The molecule has 0 heterocycles. The van der Waals surface area contributed by atoms with Gasteiger partial charge in [0.15, 0.2) is 17.4 Å². The highest BCUT2D eigenvalue weighted by atomic mass is 19.1. The third-order valence-electron chi connectivity index (χ3n) is 9.55. The van der Waals surface area contributed by atoms with E-state index in [1.165, 1.54) is 64.2 Å². The van der Waals surface area contributed by atoms with Gasteiger partial charge in [0.1, 0.15) is 0 Å². The molecule has 1 unspecified atom stereocenters. The maximum absolute atomic E-state index is 14.8. The molecule has 1 nitrogen and oxygen atoms in total. The van der Waals surface area contributed by atoms with E-state index in [1.807, 2.05) is 6.92 Å². The summed E-state index contributed by atoms with van der Waals surface area (Å²) < 4.78 is 35.3. The fraction of sp³-hybridized carbons (Fsp3) is 0.793. The highest BCUT2D eigenvalue weighted by Crippen LogP contribution is 2.62. The zero-order chi connectivity index (χ0) is 22.8. The molecule has 0 amide bonds. The monoisotopic (exact) mass is 446 g/mol. The first-order valence-corrected chi connectivity index (χ1v) is 13.5. The summed E-state index contributed by atoms with van der Waals surface area (Å²) in [6.45, 7) is 6.58. The van der Waals surface area contributed by atoms with E-state index >= 15 is 0 Å². The molecule has 4 fully saturated rings. The predicted octanol–water partition coefficient (Wildman–Crippen LogP) is 9.34. The van der Waals surface area contributed by atoms with Crippen LogP contribution in [0, 0.1) is 28.4 Å². The minimum absolute atomic E-state index is 0.163. The van der Waals surface area contributed by atoms with E-state index in [4.69, 9.17) is 4.74 Å². The zero-order valence-corrected chi connectivity index (χ0v) is 20.7. The Labute approximate surface area is 194 Å². The van der Waals surface area contributed by atoms with Gasteiger partial charge in [-0.3, -0.25) is 0 Å². The number of hydrogen-bond donors (Lipinski definition) is 0. The third kappa shape index (κ3) is 5.17. The molecule has 4 saturated carbocycles. The molecule has 0 spiro atoms. The van der Waals surface area contributed by atoms with Crippen molar-refractivity contribution in [2.75, 3.05) is 0 Å². The molecule has 4 aliphatic carbocycles. The van der Waals surface area contributed by atoms with Crippen LogP contribution in [-0.4, -0.2) is 6.10 Å². The minimum Gasteiger partial charge on any atom is -0.485 e. The maximum Gasteiger partial charge on any atom is 0.191 e. The smallest absolute Gasteiger partial charge is 0.191 e. The quantitative estimate of drug-likeness (QED) is 0.343. The Morgan fingerprint density at radius 2 is 1.50 bits per heavy atom. The van der Waals surface area contributed by atoms with Crippen molar-refractivity contribution in [2.24, 2.45) is 16.7 Å². The van der Waals surface area contributed by atoms with Crippen LogP contribution >= 0.6 is 0 Å². The van der Waals surface area contributed by atoms with E-state index in [2.05, 4.69) is 13.8 Å². The molecular formula is C29H44F2O. The van der Waals surface area contributed by atoms with E-state index in [9.17, 15) is 8.78 Å². The standard InChI is InChI=1S/C29H44F2O/c1-4-5-6-7-8-21(2)32-27-25(30)19-23(20-26(27)31)22-9-11-24(12-10-22)29-16-13-28(3,14-17-29)15-18-29/h19-22,24H,4-18H2,1-3H3. The maximum atomic E-state index is 14.8. The first kappa shape index (κ1) is 24.0. The Morgan fingerprint density at radius 1 is 0.906 bits per heavy atom. The van der Waals surface area contributed by atoms with Crippen molar-refractivity contribution in [3.63, 3.8) is 0 Å². The van der Waals surface area contributed by atoms with Crippen LogP contribution in [0.25, 0.3) is 0 Å². The summed E-state index contributed by atoms with van der Waals surface area (Å²) in [5.74, 6) is -0.143. The Kier molecular flexibility index (Phi) is 7.52. The summed E-state index contributed by atoms with van der Waals surface area (Å²) in [7, 11) is 0. The van der Waals surface area contributed by atoms with Crippen LogP contribution in [0.4, 0.5) is 8.78 Å². The highest BCUT2D eigenvalue weighted by molar-refractivity contribution is 5.33. The van der Waals surface area contributed by atoms with Crippen LogP contribution in [0.5, 0.6) is 5.75 Å². The van der Waals surface area contributed by atoms with Crippen LogP contribution in [0.2, 0.25) is 0 Å². The molecule has 1 aromatic rings. The SMILES string of the molecule is CCCCCCC(C)Oc1c(F)cc(C2CCC(C34CCC(C)(CC3)CC4)CC2)cc1F. The molecule has 3 heteroatoms. The second-order valence-corrected chi connectivity index (χ2v) is 11.8. The fourth-order valence-corrected chi connectivity index (χ4v) is 7.10. The van der Waals surface area contributed by atoms with Gasteiger partial charge >= 0.3 is 0 Å². The lowest BCUT2D eigenvalue weighted by Crippen LogP contribution is -2.45. The van der Waals surface area contributed by atoms with Gasteiger partial charge < -0.3 is 4.74 Å². The second-order valence-electron chi connectivity index (χ2n) is 11.8. The van der Waals surface area contributed by atoms with Crippen molar-refractivity contribution in [1.82, 2.24) is 0 Å². The van der Waals surface area contributed by atoms with Gasteiger partial charge in [-0.25, -0.2) is 8.78 Å². The number of benzene rings is 1. The number of rotatable bonds is 9. The van der Waals surface area contributed by atoms with Crippen LogP contribution < -0.4 is 4.74 Å². The Bertz CT molecular complexity index is 717. The van der Waals surface area contributed by atoms with Gasteiger partial charge in [-0.15, -0.1) is 0 Å². The first-order chi connectivity index (χ1) is 15.3. The topological polar surface area (TPSA) is 9.23 Å². The largest absolute Gasteiger partial charge is 0.485 e. The molecule has 4 aliphatic rings. The van der Waals surface area contributed by atoms with E-state index in [0.717, 1.165) is 43.6 Å². The lowest BCUT2D eigenvalue weighted by molar-refractivity contribution is -0.0505. The number of unbranched alkanes of at least 4 members (excludes halogenated alkanes) is 3. The lowest BCUT2D eigenvalue weighted by atomic mass is 9.49. The number of hydrogen-bond acceptors (Lipinski definition) is 1. The van der Waals surface area contributed by atoms with Crippen molar-refractivity contribution in [2.45, 2.75) is 129 Å². The molecule has 2 bridgehead atoms. The molecule has 0 saturated heterocycles. The summed E-state index contributed by atoms with van der Waals surface area (Å²) in [4.78, 5) is 0. The van der Waals surface area contributed by atoms with Crippen LogP contribution in [0.15, 0.2) is 12.1 Å². The van der Waals surface area contributed by atoms with E-state index in [1.54, 1.807) is 12.1 Å². The molecule has 5 rings (SSSR count).